The average molecular weight is 314 g/mol. The van der Waals surface area contributed by atoms with Crippen molar-refractivity contribution in [1.29, 1.82) is 0 Å². The van der Waals surface area contributed by atoms with Crippen LogP contribution in [0.3, 0.4) is 0 Å². The van der Waals surface area contributed by atoms with Crippen molar-refractivity contribution in [3.05, 3.63) is 22.6 Å². The van der Waals surface area contributed by atoms with Gasteiger partial charge in [0.15, 0.2) is 5.65 Å². The summed E-state index contributed by atoms with van der Waals surface area (Å²) in [6, 6.07) is 2.02. The van der Waals surface area contributed by atoms with Gasteiger partial charge in [0.25, 0.3) is 0 Å². The van der Waals surface area contributed by atoms with Gasteiger partial charge in [-0.2, -0.15) is 0 Å². The van der Waals surface area contributed by atoms with Crippen molar-refractivity contribution in [3.63, 3.8) is 0 Å². The lowest BCUT2D eigenvalue weighted by Gasteiger charge is -2.07. The van der Waals surface area contributed by atoms with E-state index < -0.39 is 0 Å². The Bertz CT molecular complexity index is 527. The van der Waals surface area contributed by atoms with Crippen molar-refractivity contribution >= 4 is 27.1 Å². The Kier molecular flexibility index (Phi) is 4.68. The van der Waals surface area contributed by atoms with E-state index in [9.17, 15) is 0 Å². The maximum Gasteiger partial charge on any atom is 0.177 e. The van der Waals surface area contributed by atoms with Gasteiger partial charge in [0, 0.05) is 23.8 Å². The number of aryl methyl sites for hydroxylation is 2. The fraction of sp³-hybridized carbons (Fsp3) is 0.500. The van der Waals surface area contributed by atoms with Crippen molar-refractivity contribution in [3.8, 4) is 0 Å². The van der Waals surface area contributed by atoms with Gasteiger partial charge in [-0.25, -0.2) is 9.97 Å². The summed E-state index contributed by atoms with van der Waals surface area (Å²) in [5.74, 6) is 0.956. The summed E-state index contributed by atoms with van der Waals surface area (Å²) < 4.78 is 8.33. The summed E-state index contributed by atoms with van der Waals surface area (Å²) in [5, 5.41) is 8.61. The SMILES string of the molecule is Cc1nc2ncc(Br)cc2n1CCCOCCO. The molecule has 0 fully saturated rings. The third kappa shape index (κ3) is 3.07. The molecule has 0 aromatic carbocycles. The molecule has 0 aliphatic rings. The number of halogens is 1. The Balaban J connectivity index is 2.07. The molecule has 2 rings (SSSR count). The number of aromatic nitrogens is 3. The van der Waals surface area contributed by atoms with Gasteiger partial charge in [0.2, 0.25) is 0 Å². The van der Waals surface area contributed by atoms with Crippen LogP contribution in [0.25, 0.3) is 11.2 Å². The number of imidazole rings is 1. The first-order chi connectivity index (χ1) is 8.72. The van der Waals surface area contributed by atoms with E-state index >= 15 is 0 Å². The van der Waals surface area contributed by atoms with Crippen molar-refractivity contribution in [2.75, 3.05) is 19.8 Å². The highest BCUT2D eigenvalue weighted by molar-refractivity contribution is 9.10. The van der Waals surface area contributed by atoms with Crippen molar-refractivity contribution < 1.29 is 9.84 Å². The lowest BCUT2D eigenvalue weighted by atomic mass is 10.4. The fourth-order valence-electron chi connectivity index (χ4n) is 1.87. The van der Waals surface area contributed by atoms with Crippen LogP contribution in [0, 0.1) is 6.92 Å². The Hall–Kier alpha value is -0.980. The highest BCUT2D eigenvalue weighted by atomic mass is 79.9. The smallest absolute Gasteiger partial charge is 0.177 e. The molecule has 1 N–H and O–H groups in total. The van der Waals surface area contributed by atoms with E-state index in [1.165, 1.54) is 0 Å². The summed E-state index contributed by atoms with van der Waals surface area (Å²) in [6.45, 7) is 3.93. The molecule has 0 saturated carbocycles. The number of pyridine rings is 1. The van der Waals surface area contributed by atoms with Crippen LogP contribution in [0.1, 0.15) is 12.2 Å². The minimum atomic E-state index is 0.0733. The standard InChI is InChI=1S/C12H16BrN3O2/c1-9-15-12-11(7-10(13)8-14-12)16(9)3-2-5-18-6-4-17/h7-8,17H,2-6H2,1H3. The molecule has 0 unspecified atom stereocenters. The highest BCUT2D eigenvalue weighted by Gasteiger charge is 2.08. The van der Waals surface area contributed by atoms with E-state index in [1.54, 1.807) is 6.20 Å². The molecule has 5 nitrogen and oxygen atoms in total. The monoisotopic (exact) mass is 313 g/mol. The maximum absolute atomic E-state index is 8.61. The predicted octanol–water partition coefficient (Wildman–Crippen LogP) is 1.90. The van der Waals surface area contributed by atoms with Gasteiger partial charge in [-0.05, 0) is 35.3 Å². The molecule has 2 heterocycles. The number of ether oxygens (including phenoxy) is 1. The lowest BCUT2D eigenvalue weighted by Crippen LogP contribution is -2.06. The Morgan fingerprint density at radius 3 is 3.06 bits per heavy atom. The van der Waals surface area contributed by atoms with E-state index in [1.807, 2.05) is 13.0 Å². The Morgan fingerprint density at radius 1 is 1.44 bits per heavy atom. The zero-order valence-corrected chi connectivity index (χ0v) is 11.9. The first kappa shape index (κ1) is 13.5. The van der Waals surface area contributed by atoms with Crippen molar-refractivity contribution in [1.82, 2.24) is 14.5 Å². The van der Waals surface area contributed by atoms with Gasteiger partial charge in [0.05, 0.1) is 18.7 Å². The Morgan fingerprint density at radius 2 is 2.28 bits per heavy atom. The number of nitrogens with zero attached hydrogens (tertiary/aromatic N) is 3. The topological polar surface area (TPSA) is 60.2 Å². The first-order valence-corrected chi connectivity index (χ1v) is 6.68. The molecule has 0 radical (unpaired) electrons. The van der Waals surface area contributed by atoms with Crippen LogP contribution in [0.5, 0.6) is 0 Å². The van der Waals surface area contributed by atoms with E-state index in [0.717, 1.165) is 34.4 Å². The second-order valence-electron chi connectivity index (χ2n) is 4.00. The van der Waals surface area contributed by atoms with E-state index in [-0.39, 0.29) is 6.61 Å². The van der Waals surface area contributed by atoms with Crippen LogP contribution in [-0.2, 0) is 11.3 Å². The fourth-order valence-corrected chi connectivity index (χ4v) is 2.19. The van der Waals surface area contributed by atoms with Crippen LogP contribution in [0.2, 0.25) is 0 Å². The average Bonchev–Trinajstić information content (AvgIpc) is 2.65. The molecule has 18 heavy (non-hydrogen) atoms. The van der Waals surface area contributed by atoms with Crippen LogP contribution in [-0.4, -0.2) is 39.5 Å². The molecular formula is C12H16BrN3O2. The van der Waals surface area contributed by atoms with Crippen LogP contribution in [0.4, 0.5) is 0 Å². The normalized spacial score (nSPS) is 11.3. The van der Waals surface area contributed by atoms with E-state index in [2.05, 4.69) is 30.5 Å². The van der Waals surface area contributed by atoms with Gasteiger partial charge in [-0.1, -0.05) is 0 Å². The van der Waals surface area contributed by atoms with E-state index in [0.29, 0.717) is 13.2 Å². The number of aliphatic hydroxyl groups excluding tert-OH is 1. The zero-order valence-electron chi connectivity index (χ0n) is 10.3. The molecule has 0 spiro atoms. The predicted molar refractivity (Wildman–Crippen MR) is 72.5 cm³/mol. The van der Waals surface area contributed by atoms with Gasteiger partial charge < -0.3 is 14.4 Å². The van der Waals surface area contributed by atoms with Crippen molar-refractivity contribution in [2.45, 2.75) is 19.9 Å². The van der Waals surface area contributed by atoms with Gasteiger partial charge in [-0.15, -0.1) is 0 Å². The largest absolute Gasteiger partial charge is 0.394 e. The summed E-state index contributed by atoms with van der Waals surface area (Å²) in [7, 11) is 0. The van der Waals surface area contributed by atoms with Crippen molar-refractivity contribution in [2.24, 2.45) is 0 Å². The summed E-state index contributed by atoms with van der Waals surface area (Å²) in [4.78, 5) is 8.70. The molecule has 98 valence electrons. The minimum Gasteiger partial charge on any atom is -0.394 e. The first-order valence-electron chi connectivity index (χ1n) is 5.89. The third-order valence-electron chi connectivity index (χ3n) is 2.67. The molecule has 0 aliphatic carbocycles. The van der Waals surface area contributed by atoms with Gasteiger partial charge >= 0.3 is 0 Å². The summed E-state index contributed by atoms with van der Waals surface area (Å²) in [5.41, 5.74) is 1.80. The maximum atomic E-state index is 8.61. The molecular weight excluding hydrogens is 298 g/mol. The second-order valence-corrected chi connectivity index (χ2v) is 4.91. The van der Waals surface area contributed by atoms with Crippen LogP contribution < -0.4 is 0 Å². The summed E-state index contributed by atoms with van der Waals surface area (Å²) in [6.07, 6.45) is 2.64. The molecule has 0 amide bonds. The zero-order chi connectivity index (χ0) is 13.0. The minimum absolute atomic E-state index is 0.0733. The number of rotatable bonds is 6. The van der Waals surface area contributed by atoms with E-state index in [4.69, 9.17) is 9.84 Å². The molecule has 0 aliphatic heterocycles. The molecule has 6 heteroatoms. The van der Waals surface area contributed by atoms with Crippen LogP contribution in [0.15, 0.2) is 16.7 Å². The Labute approximate surface area is 114 Å². The number of hydrogen-bond acceptors (Lipinski definition) is 4. The lowest BCUT2D eigenvalue weighted by molar-refractivity contribution is 0.0889. The third-order valence-corrected chi connectivity index (χ3v) is 3.10. The number of aliphatic hydroxyl groups is 1. The quantitative estimate of drug-likeness (QED) is 0.827. The number of fused-ring (bicyclic) bond motifs is 1. The molecule has 0 bridgehead atoms. The van der Waals surface area contributed by atoms with Crippen LogP contribution >= 0.6 is 15.9 Å². The van der Waals surface area contributed by atoms with Gasteiger partial charge in [0.1, 0.15) is 5.82 Å². The molecule has 0 saturated heterocycles. The van der Waals surface area contributed by atoms with Gasteiger partial charge in [-0.3, -0.25) is 0 Å². The molecule has 2 aromatic rings. The second kappa shape index (κ2) is 6.26. The molecule has 2 aromatic heterocycles. The summed E-state index contributed by atoms with van der Waals surface area (Å²) >= 11 is 3.42. The number of hydrogen-bond donors (Lipinski definition) is 1. The highest BCUT2D eigenvalue weighted by Crippen LogP contribution is 2.18. The molecule has 0 atom stereocenters.